The van der Waals surface area contributed by atoms with Gasteiger partial charge in [0.25, 0.3) is 0 Å². The topological polar surface area (TPSA) is 92.3 Å². The summed E-state index contributed by atoms with van der Waals surface area (Å²) < 4.78 is 0. The normalized spacial score (nSPS) is 9.70. The molecule has 0 saturated heterocycles. The summed E-state index contributed by atoms with van der Waals surface area (Å²) in [7, 11) is 0. The minimum absolute atomic E-state index is 0.226. The molecule has 0 atom stereocenters. The summed E-state index contributed by atoms with van der Waals surface area (Å²) in [6.45, 7) is 2.64. The molecule has 1 aromatic rings. The van der Waals surface area contributed by atoms with Crippen molar-refractivity contribution in [2.75, 3.05) is 10.6 Å². The molecule has 2 N–H and O–H groups in total. The van der Waals surface area contributed by atoms with Crippen LogP contribution in [-0.2, 0) is 19.2 Å². The maximum Gasteiger partial charge on any atom is 0.231 e. The van der Waals surface area contributed by atoms with E-state index >= 15 is 0 Å². The van der Waals surface area contributed by atoms with E-state index < -0.39 is 11.8 Å². The molecule has 1 rings (SSSR count). The molecule has 6 heteroatoms. The number of para-hydroxylation sites is 2. The smallest absolute Gasteiger partial charge is 0.231 e. The van der Waals surface area contributed by atoms with Crippen molar-refractivity contribution in [3.05, 3.63) is 24.3 Å². The zero-order valence-electron chi connectivity index (χ0n) is 11.4. The van der Waals surface area contributed by atoms with Crippen LogP contribution in [0, 0.1) is 0 Å². The number of Topliss-reactive ketones (excluding diaryl/α,β-unsaturated/α-hetero) is 2. The van der Waals surface area contributed by atoms with E-state index in [4.69, 9.17) is 0 Å². The Morgan fingerprint density at radius 2 is 1.15 bits per heavy atom. The van der Waals surface area contributed by atoms with E-state index in [1.165, 1.54) is 13.8 Å². The van der Waals surface area contributed by atoms with Gasteiger partial charge >= 0.3 is 0 Å². The lowest BCUT2D eigenvalue weighted by atomic mass is 10.2. The van der Waals surface area contributed by atoms with Gasteiger partial charge in [-0.1, -0.05) is 12.1 Å². The largest absolute Gasteiger partial charge is 0.324 e. The van der Waals surface area contributed by atoms with Crippen molar-refractivity contribution in [2.24, 2.45) is 0 Å². The Labute approximate surface area is 116 Å². The number of hydrogen-bond donors (Lipinski definition) is 2. The fourth-order valence-corrected chi connectivity index (χ4v) is 1.54. The molecule has 6 nitrogen and oxygen atoms in total. The third kappa shape index (κ3) is 5.43. The minimum Gasteiger partial charge on any atom is -0.324 e. The van der Waals surface area contributed by atoms with Gasteiger partial charge in [0.15, 0.2) is 0 Å². The van der Waals surface area contributed by atoms with Gasteiger partial charge in [-0.2, -0.15) is 0 Å². The Bertz CT molecular complexity index is 503. The van der Waals surface area contributed by atoms with Gasteiger partial charge in [-0.05, 0) is 26.0 Å². The molecule has 0 spiro atoms. The van der Waals surface area contributed by atoms with E-state index in [-0.39, 0.29) is 24.4 Å². The fourth-order valence-electron chi connectivity index (χ4n) is 1.54. The standard InChI is InChI=1S/C14H16N2O4/c1-9(17)7-13(19)15-11-5-3-4-6-12(11)16-14(20)8-10(2)18/h3-6H,7-8H2,1-2H3,(H,15,19)(H,16,20). The maximum absolute atomic E-state index is 11.5. The first-order valence-electron chi connectivity index (χ1n) is 6.06. The molecular weight excluding hydrogens is 260 g/mol. The number of anilines is 2. The average molecular weight is 276 g/mol. The highest BCUT2D eigenvalue weighted by Crippen LogP contribution is 2.21. The van der Waals surface area contributed by atoms with Gasteiger partial charge in [0, 0.05) is 0 Å². The van der Waals surface area contributed by atoms with Crippen LogP contribution in [0.4, 0.5) is 11.4 Å². The quantitative estimate of drug-likeness (QED) is 0.770. The van der Waals surface area contributed by atoms with Crippen molar-refractivity contribution in [3.63, 3.8) is 0 Å². The summed E-state index contributed by atoms with van der Waals surface area (Å²) >= 11 is 0. The summed E-state index contributed by atoms with van der Waals surface area (Å²) in [6.07, 6.45) is -0.453. The summed E-state index contributed by atoms with van der Waals surface area (Å²) in [5.74, 6) is -1.40. The van der Waals surface area contributed by atoms with Crippen LogP contribution in [0.15, 0.2) is 24.3 Å². The van der Waals surface area contributed by atoms with E-state index in [1.807, 2.05) is 0 Å². The van der Waals surface area contributed by atoms with Crippen LogP contribution < -0.4 is 10.6 Å². The molecule has 20 heavy (non-hydrogen) atoms. The number of carbonyl (C=O) groups is 4. The second-order valence-corrected chi connectivity index (χ2v) is 4.40. The fraction of sp³-hybridized carbons (Fsp3) is 0.286. The van der Waals surface area contributed by atoms with Crippen molar-refractivity contribution in [3.8, 4) is 0 Å². The van der Waals surface area contributed by atoms with Gasteiger partial charge in [-0.3, -0.25) is 19.2 Å². The van der Waals surface area contributed by atoms with E-state index in [0.29, 0.717) is 11.4 Å². The summed E-state index contributed by atoms with van der Waals surface area (Å²) in [4.78, 5) is 44.8. The third-order valence-electron chi connectivity index (χ3n) is 2.29. The number of hydrogen-bond acceptors (Lipinski definition) is 4. The molecule has 0 aliphatic heterocycles. The van der Waals surface area contributed by atoms with Gasteiger partial charge in [-0.25, -0.2) is 0 Å². The first kappa shape index (κ1) is 15.6. The maximum atomic E-state index is 11.5. The summed E-state index contributed by atoms with van der Waals surface area (Å²) in [6, 6.07) is 6.57. The highest BCUT2D eigenvalue weighted by Gasteiger charge is 2.11. The van der Waals surface area contributed by atoms with Crippen LogP contribution in [0.25, 0.3) is 0 Å². The van der Waals surface area contributed by atoms with Gasteiger partial charge in [0.1, 0.15) is 11.6 Å². The van der Waals surface area contributed by atoms with Crippen molar-refractivity contribution < 1.29 is 19.2 Å². The Morgan fingerprint density at radius 1 is 0.800 bits per heavy atom. The number of ketones is 2. The first-order chi connectivity index (χ1) is 9.38. The monoisotopic (exact) mass is 276 g/mol. The van der Waals surface area contributed by atoms with Crippen LogP contribution in [0.3, 0.4) is 0 Å². The second-order valence-electron chi connectivity index (χ2n) is 4.40. The Hall–Kier alpha value is -2.50. The number of benzene rings is 1. The SMILES string of the molecule is CC(=O)CC(=O)Nc1ccccc1NC(=O)CC(C)=O. The van der Waals surface area contributed by atoms with Crippen LogP contribution in [0.5, 0.6) is 0 Å². The Kier molecular flexibility index (Phi) is 5.58. The summed E-state index contributed by atoms with van der Waals surface area (Å²) in [5.41, 5.74) is 0.770. The van der Waals surface area contributed by atoms with E-state index in [9.17, 15) is 19.2 Å². The minimum atomic E-state index is -0.453. The first-order valence-corrected chi connectivity index (χ1v) is 6.06. The van der Waals surface area contributed by atoms with Crippen molar-refractivity contribution in [1.82, 2.24) is 0 Å². The van der Waals surface area contributed by atoms with Gasteiger partial charge in [-0.15, -0.1) is 0 Å². The molecule has 106 valence electrons. The predicted octanol–water partition coefficient (Wildman–Crippen LogP) is 1.52. The van der Waals surface area contributed by atoms with Crippen LogP contribution in [-0.4, -0.2) is 23.4 Å². The molecule has 0 unspecified atom stereocenters. The number of carbonyl (C=O) groups excluding carboxylic acids is 4. The molecular formula is C14H16N2O4. The van der Waals surface area contributed by atoms with Gasteiger partial charge in [0.2, 0.25) is 11.8 Å². The lowest BCUT2D eigenvalue weighted by Crippen LogP contribution is -2.19. The molecule has 0 aliphatic rings. The molecule has 1 aromatic carbocycles. The molecule has 2 amide bonds. The molecule has 0 bridgehead atoms. The van der Waals surface area contributed by atoms with Gasteiger partial charge in [0.05, 0.1) is 24.2 Å². The zero-order chi connectivity index (χ0) is 15.1. The predicted molar refractivity (Wildman–Crippen MR) is 74.3 cm³/mol. The van der Waals surface area contributed by atoms with E-state index in [1.54, 1.807) is 24.3 Å². The lowest BCUT2D eigenvalue weighted by molar-refractivity contribution is -0.126. The molecule has 0 aliphatic carbocycles. The van der Waals surface area contributed by atoms with Crippen molar-refractivity contribution in [2.45, 2.75) is 26.7 Å². The summed E-state index contributed by atoms with van der Waals surface area (Å²) in [5, 5.41) is 5.08. The zero-order valence-corrected chi connectivity index (χ0v) is 11.4. The van der Waals surface area contributed by atoms with E-state index in [2.05, 4.69) is 10.6 Å². The average Bonchev–Trinajstić information content (AvgIpc) is 2.29. The van der Waals surface area contributed by atoms with Crippen LogP contribution >= 0.6 is 0 Å². The third-order valence-corrected chi connectivity index (χ3v) is 2.29. The molecule has 0 aromatic heterocycles. The molecule has 0 heterocycles. The molecule has 0 radical (unpaired) electrons. The highest BCUT2D eigenvalue weighted by molar-refractivity contribution is 6.08. The van der Waals surface area contributed by atoms with Crippen LogP contribution in [0.2, 0.25) is 0 Å². The highest BCUT2D eigenvalue weighted by atomic mass is 16.2. The van der Waals surface area contributed by atoms with Gasteiger partial charge < -0.3 is 10.6 Å². The van der Waals surface area contributed by atoms with Crippen molar-refractivity contribution in [1.29, 1.82) is 0 Å². The lowest BCUT2D eigenvalue weighted by Gasteiger charge is -2.11. The number of rotatable bonds is 6. The Balaban J connectivity index is 2.77. The van der Waals surface area contributed by atoms with Crippen molar-refractivity contribution >= 4 is 34.8 Å². The number of nitrogens with one attached hydrogen (secondary N) is 2. The molecule has 0 saturated carbocycles. The number of amides is 2. The Morgan fingerprint density at radius 3 is 1.45 bits per heavy atom. The molecule has 0 fully saturated rings. The second kappa shape index (κ2) is 7.18. The van der Waals surface area contributed by atoms with Crippen LogP contribution in [0.1, 0.15) is 26.7 Å². The van der Waals surface area contributed by atoms with E-state index in [0.717, 1.165) is 0 Å².